The lowest BCUT2D eigenvalue weighted by Gasteiger charge is -2.16. The molecule has 1 fully saturated rings. The molecule has 0 saturated heterocycles. The Labute approximate surface area is 145 Å². The van der Waals surface area contributed by atoms with Crippen LogP contribution in [-0.2, 0) is 5.60 Å². The van der Waals surface area contributed by atoms with E-state index in [1.54, 1.807) is 31.5 Å². The van der Waals surface area contributed by atoms with Crippen LogP contribution < -0.4 is 10.6 Å². The standard InChI is InChI=1S/C17H22N4O2S/c1-10(11-4-5-11)19-16(22)21-14-9-24-15(20-14)12-6-7-13(18-8-12)17(2,3)23/h6-11,23H,4-5H2,1-3H3,(H2,19,21,22)/t10-/m0/s1. The van der Waals surface area contributed by atoms with E-state index in [9.17, 15) is 9.90 Å². The van der Waals surface area contributed by atoms with Gasteiger partial charge in [0, 0.05) is 23.2 Å². The van der Waals surface area contributed by atoms with Crippen molar-refractivity contribution in [2.75, 3.05) is 5.32 Å². The normalized spacial score (nSPS) is 15.8. The molecule has 2 heterocycles. The van der Waals surface area contributed by atoms with Crippen LogP contribution in [0, 0.1) is 5.92 Å². The van der Waals surface area contributed by atoms with Crippen LogP contribution in [0.4, 0.5) is 10.6 Å². The van der Waals surface area contributed by atoms with Gasteiger partial charge >= 0.3 is 6.03 Å². The predicted octanol–water partition coefficient (Wildman–Crippen LogP) is 3.35. The first-order valence-corrected chi connectivity index (χ1v) is 8.93. The Morgan fingerprint density at radius 1 is 1.42 bits per heavy atom. The Hall–Kier alpha value is -1.99. The summed E-state index contributed by atoms with van der Waals surface area (Å²) in [6.45, 7) is 5.42. The topological polar surface area (TPSA) is 87.1 Å². The van der Waals surface area contributed by atoms with Crippen LogP contribution in [0.5, 0.6) is 0 Å². The van der Waals surface area contributed by atoms with E-state index in [-0.39, 0.29) is 12.1 Å². The SMILES string of the molecule is C[C@H](NC(=O)Nc1csc(-c2ccc(C(C)(C)O)nc2)n1)C1CC1. The molecule has 0 radical (unpaired) electrons. The molecule has 0 bridgehead atoms. The van der Waals surface area contributed by atoms with Crippen LogP contribution in [0.15, 0.2) is 23.7 Å². The third kappa shape index (κ3) is 4.10. The molecule has 1 aliphatic carbocycles. The summed E-state index contributed by atoms with van der Waals surface area (Å²) in [7, 11) is 0. The highest BCUT2D eigenvalue weighted by molar-refractivity contribution is 7.13. The van der Waals surface area contributed by atoms with E-state index in [0.717, 1.165) is 10.6 Å². The number of carbonyl (C=O) groups is 1. The fraction of sp³-hybridized carbons (Fsp3) is 0.471. The third-order valence-corrected chi connectivity index (χ3v) is 4.96. The molecule has 0 spiro atoms. The predicted molar refractivity (Wildman–Crippen MR) is 94.9 cm³/mol. The third-order valence-electron chi connectivity index (χ3n) is 4.07. The second-order valence-corrected chi connectivity index (χ2v) is 7.61. The molecule has 3 rings (SSSR count). The number of hydrogen-bond acceptors (Lipinski definition) is 5. The summed E-state index contributed by atoms with van der Waals surface area (Å²) in [5, 5.41) is 18.2. The van der Waals surface area contributed by atoms with Gasteiger partial charge < -0.3 is 10.4 Å². The molecular weight excluding hydrogens is 324 g/mol. The quantitative estimate of drug-likeness (QED) is 0.775. The Bertz CT molecular complexity index is 717. The Balaban J connectivity index is 1.63. The Morgan fingerprint density at radius 3 is 2.75 bits per heavy atom. The van der Waals surface area contributed by atoms with E-state index in [2.05, 4.69) is 20.6 Å². The van der Waals surface area contributed by atoms with Gasteiger partial charge in [-0.15, -0.1) is 11.3 Å². The van der Waals surface area contributed by atoms with E-state index in [1.807, 2.05) is 13.0 Å². The average molecular weight is 346 g/mol. The monoisotopic (exact) mass is 346 g/mol. The van der Waals surface area contributed by atoms with E-state index in [4.69, 9.17) is 0 Å². The van der Waals surface area contributed by atoms with Crippen molar-refractivity contribution in [2.24, 2.45) is 5.92 Å². The summed E-state index contributed by atoms with van der Waals surface area (Å²) < 4.78 is 0. The first-order valence-electron chi connectivity index (χ1n) is 8.05. The molecule has 1 saturated carbocycles. The molecule has 1 atom stereocenters. The van der Waals surface area contributed by atoms with Gasteiger partial charge in [0.1, 0.15) is 16.4 Å². The number of nitrogens with zero attached hydrogens (tertiary/aromatic N) is 2. The molecule has 7 heteroatoms. The number of hydrogen-bond donors (Lipinski definition) is 3. The second kappa shape index (κ2) is 6.49. The van der Waals surface area contributed by atoms with Crippen molar-refractivity contribution in [1.82, 2.24) is 15.3 Å². The van der Waals surface area contributed by atoms with E-state index >= 15 is 0 Å². The van der Waals surface area contributed by atoms with Crippen molar-refractivity contribution in [3.05, 3.63) is 29.4 Å². The zero-order valence-corrected chi connectivity index (χ0v) is 14.9. The highest BCUT2D eigenvalue weighted by Crippen LogP contribution is 2.32. The van der Waals surface area contributed by atoms with E-state index in [1.165, 1.54) is 24.2 Å². The molecule has 2 aromatic heterocycles. The summed E-state index contributed by atoms with van der Waals surface area (Å²) in [6.07, 6.45) is 4.07. The maximum Gasteiger partial charge on any atom is 0.320 e. The van der Waals surface area contributed by atoms with Gasteiger partial charge in [0.05, 0.1) is 5.69 Å². The molecule has 24 heavy (non-hydrogen) atoms. The van der Waals surface area contributed by atoms with E-state index in [0.29, 0.717) is 17.4 Å². The number of rotatable bonds is 5. The zero-order chi connectivity index (χ0) is 17.3. The molecule has 0 aromatic carbocycles. The lowest BCUT2D eigenvalue weighted by Crippen LogP contribution is -2.37. The smallest absolute Gasteiger partial charge is 0.320 e. The number of pyridine rings is 1. The maximum absolute atomic E-state index is 12.0. The molecule has 1 aliphatic rings. The van der Waals surface area contributed by atoms with Gasteiger partial charge in [-0.25, -0.2) is 9.78 Å². The molecule has 2 amide bonds. The number of urea groups is 1. The van der Waals surface area contributed by atoms with Crippen molar-refractivity contribution in [3.63, 3.8) is 0 Å². The van der Waals surface area contributed by atoms with Gasteiger partial charge in [-0.1, -0.05) is 0 Å². The van der Waals surface area contributed by atoms with Gasteiger partial charge in [0.25, 0.3) is 0 Å². The van der Waals surface area contributed by atoms with Crippen LogP contribution in [0.1, 0.15) is 39.3 Å². The summed E-state index contributed by atoms with van der Waals surface area (Å²) in [6, 6.07) is 3.63. The lowest BCUT2D eigenvalue weighted by molar-refractivity contribution is 0.0739. The summed E-state index contributed by atoms with van der Waals surface area (Å²) >= 11 is 1.44. The fourth-order valence-corrected chi connectivity index (χ4v) is 3.16. The average Bonchev–Trinajstić information content (AvgIpc) is 3.27. The number of aromatic nitrogens is 2. The summed E-state index contributed by atoms with van der Waals surface area (Å²) in [5.41, 5.74) is 0.493. The number of amides is 2. The first kappa shape index (κ1) is 16.9. The lowest BCUT2D eigenvalue weighted by atomic mass is 10.0. The maximum atomic E-state index is 12.0. The first-order chi connectivity index (χ1) is 11.3. The van der Waals surface area contributed by atoms with Gasteiger partial charge in [0.15, 0.2) is 0 Å². The van der Waals surface area contributed by atoms with Crippen molar-refractivity contribution in [1.29, 1.82) is 0 Å². The van der Waals surface area contributed by atoms with E-state index < -0.39 is 5.60 Å². The molecule has 6 nitrogen and oxygen atoms in total. The fourth-order valence-electron chi connectivity index (χ4n) is 2.42. The number of carbonyl (C=O) groups excluding carboxylic acids is 1. The molecular formula is C17H22N4O2S. The van der Waals surface area contributed by atoms with Crippen LogP contribution in [0.3, 0.4) is 0 Å². The summed E-state index contributed by atoms with van der Waals surface area (Å²) in [4.78, 5) is 20.7. The van der Waals surface area contributed by atoms with Gasteiger partial charge in [0.2, 0.25) is 0 Å². The zero-order valence-electron chi connectivity index (χ0n) is 14.0. The summed E-state index contributed by atoms with van der Waals surface area (Å²) in [5.74, 6) is 1.14. The molecule has 0 aliphatic heterocycles. The van der Waals surface area contributed by atoms with Gasteiger partial charge in [-0.05, 0) is 51.7 Å². The molecule has 0 unspecified atom stereocenters. The highest BCUT2D eigenvalue weighted by Gasteiger charge is 2.29. The number of anilines is 1. The second-order valence-electron chi connectivity index (χ2n) is 6.75. The highest BCUT2D eigenvalue weighted by atomic mass is 32.1. The van der Waals surface area contributed by atoms with Crippen LogP contribution in [-0.4, -0.2) is 27.1 Å². The number of nitrogens with one attached hydrogen (secondary N) is 2. The molecule has 3 N–H and O–H groups in total. The molecule has 128 valence electrons. The van der Waals surface area contributed by atoms with Crippen molar-refractivity contribution < 1.29 is 9.90 Å². The number of thiazole rings is 1. The largest absolute Gasteiger partial charge is 0.384 e. The minimum Gasteiger partial charge on any atom is -0.384 e. The minimum absolute atomic E-state index is 0.196. The van der Waals surface area contributed by atoms with Gasteiger partial charge in [-0.2, -0.15) is 0 Å². The van der Waals surface area contributed by atoms with Crippen molar-refractivity contribution in [3.8, 4) is 10.6 Å². The van der Waals surface area contributed by atoms with Crippen LogP contribution >= 0.6 is 11.3 Å². The Morgan fingerprint density at radius 2 is 2.17 bits per heavy atom. The van der Waals surface area contributed by atoms with Gasteiger partial charge in [-0.3, -0.25) is 10.3 Å². The van der Waals surface area contributed by atoms with Crippen molar-refractivity contribution >= 4 is 23.2 Å². The van der Waals surface area contributed by atoms with Crippen LogP contribution in [0.2, 0.25) is 0 Å². The Kier molecular flexibility index (Phi) is 4.56. The van der Waals surface area contributed by atoms with Crippen molar-refractivity contribution in [2.45, 2.75) is 45.3 Å². The number of aliphatic hydroxyl groups is 1. The minimum atomic E-state index is -0.968. The molecule has 2 aromatic rings. The van der Waals surface area contributed by atoms with Crippen LogP contribution in [0.25, 0.3) is 10.6 Å².